The number of fused-ring (bicyclic) bond motifs is 1. The molecule has 0 saturated heterocycles. The Kier molecular flexibility index (Phi) is 4.26. The molecule has 0 spiro atoms. The third-order valence-electron chi connectivity index (χ3n) is 3.46. The van der Waals surface area contributed by atoms with Gasteiger partial charge in [0.1, 0.15) is 5.75 Å². The number of ether oxygens (including phenoxy) is 1. The van der Waals surface area contributed by atoms with Crippen molar-refractivity contribution in [2.45, 2.75) is 38.5 Å². The van der Waals surface area contributed by atoms with Crippen molar-refractivity contribution in [1.82, 2.24) is 0 Å². The van der Waals surface area contributed by atoms with Gasteiger partial charge in [0, 0.05) is 18.4 Å². The van der Waals surface area contributed by atoms with Gasteiger partial charge in [-0.05, 0) is 42.5 Å². The van der Waals surface area contributed by atoms with Crippen LogP contribution >= 0.6 is 0 Å². The Morgan fingerprint density at radius 1 is 1.50 bits per heavy atom. The molecule has 1 heterocycles. The van der Waals surface area contributed by atoms with E-state index in [0.717, 1.165) is 18.4 Å². The second-order valence-corrected chi connectivity index (χ2v) is 5.39. The summed E-state index contributed by atoms with van der Waals surface area (Å²) >= 11 is 0. The van der Waals surface area contributed by atoms with Gasteiger partial charge in [0.2, 0.25) is 0 Å². The normalized spacial score (nSPS) is 16.1. The van der Waals surface area contributed by atoms with E-state index in [0.29, 0.717) is 12.4 Å². The molecule has 5 heteroatoms. The maximum atomic E-state index is 14.2. The van der Waals surface area contributed by atoms with E-state index in [2.05, 4.69) is 0 Å². The van der Waals surface area contributed by atoms with Gasteiger partial charge in [-0.1, -0.05) is 6.92 Å². The Hall–Kier alpha value is -1.65. The lowest BCUT2D eigenvalue weighted by Gasteiger charge is -2.23. The molecule has 0 amide bonds. The van der Waals surface area contributed by atoms with Crippen LogP contribution in [0, 0.1) is 5.92 Å². The third kappa shape index (κ3) is 3.46. The Bertz CT molecular complexity index is 500. The quantitative estimate of drug-likeness (QED) is 0.898. The second kappa shape index (κ2) is 5.77. The van der Waals surface area contributed by atoms with E-state index in [-0.39, 0.29) is 12.0 Å². The maximum Gasteiger partial charge on any atom is 0.303 e. The Balaban J connectivity index is 2.14. The number of alkyl halides is 2. The number of hydrogen-bond acceptors (Lipinski definition) is 2. The van der Waals surface area contributed by atoms with Crippen LogP contribution in [0.1, 0.15) is 37.3 Å². The number of carbonyl (C=O) groups is 1. The van der Waals surface area contributed by atoms with Crippen LogP contribution < -0.4 is 4.74 Å². The Labute approximate surface area is 116 Å². The zero-order valence-corrected chi connectivity index (χ0v) is 11.4. The lowest BCUT2D eigenvalue weighted by molar-refractivity contribution is -0.138. The Morgan fingerprint density at radius 3 is 2.95 bits per heavy atom. The molecule has 0 radical (unpaired) electrons. The molecule has 110 valence electrons. The average molecular weight is 284 g/mol. The highest BCUT2D eigenvalue weighted by molar-refractivity contribution is 5.66. The first-order chi connectivity index (χ1) is 9.38. The molecule has 1 aliphatic rings. The van der Waals surface area contributed by atoms with Crippen LogP contribution in [0.2, 0.25) is 0 Å². The molecule has 1 aliphatic heterocycles. The number of hydrogen-bond donors (Lipinski definition) is 1. The molecule has 0 saturated carbocycles. The fourth-order valence-corrected chi connectivity index (χ4v) is 2.51. The van der Waals surface area contributed by atoms with Crippen molar-refractivity contribution < 1.29 is 23.4 Å². The van der Waals surface area contributed by atoms with Gasteiger partial charge in [0.25, 0.3) is 5.92 Å². The predicted octanol–water partition coefficient (Wildman–Crippen LogP) is 3.60. The van der Waals surface area contributed by atoms with Gasteiger partial charge in [-0.25, -0.2) is 8.78 Å². The van der Waals surface area contributed by atoms with Gasteiger partial charge < -0.3 is 9.84 Å². The molecule has 0 bridgehead atoms. The maximum absolute atomic E-state index is 14.2. The molecular weight excluding hydrogens is 266 g/mol. The molecule has 1 N–H and O–H groups in total. The van der Waals surface area contributed by atoms with Gasteiger partial charge >= 0.3 is 5.97 Å². The van der Waals surface area contributed by atoms with Gasteiger partial charge in [-0.3, -0.25) is 4.79 Å². The standard InChI is InChI=1S/C15H18F2O3/c1-10(7-14(18)19)9-15(16,17)12-4-5-13-11(8-12)3-2-6-20-13/h4-5,8,10H,2-3,6-7,9H2,1H3,(H,18,19). The first-order valence-corrected chi connectivity index (χ1v) is 6.74. The number of rotatable bonds is 5. The summed E-state index contributed by atoms with van der Waals surface area (Å²) in [6.45, 7) is 2.15. The summed E-state index contributed by atoms with van der Waals surface area (Å²) in [6.07, 6.45) is 0.865. The summed E-state index contributed by atoms with van der Waals surface area (Å²) in [5.41, 5.74) is 0.748. The van der Waals surface area contributed by atoms with Crippen molar-refractivity contribution in [3.8, 4) is 5.75 Å². The average Bonchev–Trinajstić information content (AvgIpc) is 2.36. The molecule has 1 aromatic rings. The van der Waals surface area contributed by atoms with Crippen LogP contribution in [0.25, 0.3) is 0 Å². The zero-order valence-electron chi connectivity index (χ0n) is 11.4. The first kappa shape index (κ1) is 14.8. The SMILES string of the molecule is CC(CC(=O)O)CC(F)(F)c1ccc2c(c1)CCCO2. The van der Waals surface area contributed by atoms with Crippen LogP contribution in [0.3, 0.4) is 0 Å². The van der Waals surface area contributed by atoms with Crippen LogP contribution in [0.5, 0.6) is 5.75 Å². The van der Waals surface area contributed by atoms with Crippen molar-refractivity contribution in [3.05, 3.63) is 29.3 Å². The minimum Gasteiger partial charge on any atom is -0.493 e. The number of aliphatic carboxylic acids is 1. The monoisotopic (exact) mass is 284 g/mol. The fourth-order valence-electron chi connectivity index (χ4n) is 2.51. The van der Waals surface area contributed by atoms with Gasteiger partial charge in [-0.15, -0.1) is 0 Å². The molecule has 0 aromatic heterocycles. The van der Waals surface area contributed by atoms with Gasteiger partial charge in [-0.2, -0.15) is 0 Å². The van der Waals surface area contributed by atoms with Crippen LogP contribution in [-0.2, 0) is 17.1 Å². The smallest absolute Gasteiger partial charge is 0.303 e. The minimum absolute atomic E-state index is 0.0565. The van der Waals surface area contributed by atoms with Crippen molar-refractivity contribution in [2.75, 3.05) is 6.61 Å². The molecule has 2 rings (SSSR count). The predicted molar refractivity (Wildman–Crippen MR) is 70.2 cm³/mol. The summed E-state index contributed by atoms with van der Waals surface area (Å²) in [5.74, 6) is -3.96. The molecule has 3 nitrogen and oxygen atoms in total. The highest BCUT2D eigenvalue weighted by Gasteiger charge is 2.34. The highest BCUT2D eigenvalue weighted by atomic mass is 19.3. The van der Waals surface area contributed by atoms with Crippen molar-refractivity contribution in [3.63, 3.8) is 0 Å². The lowest BCUT2D eigenvalue weighted by atomic mass is 9.93. The van der Waals surface area contributed by atoms with Crippen molar-refractivity contribution in [2.24, 2.45) is 5.92 Å². The van der Waals surface area contributed by atoms with Gasteiger partial charge in [0.05, 0.1) is 6.61 Å². The van der Waals surface area contributed by atoms with E-state index in [4.69, 9.17) is 9.84 Å². The molecule has 0 fully saturated rings. The summed E-state index contributed by atoms with van der Waals surface area (Å²) in [4.78, 5) is 10.6. The van der Waals surface area contributed by atoms with E-state index < -0.39 is 24.2 Å². The molecule has 1 unspecified atom stereocenters. The molecule has 1 atom stereocenters. The van der Waals surface area contributed by atoms with E-state index in [1.165, 1.54) is 19.1 Å². The summed E-state index contributed by atoms with van der Waals surface area (Å²) in [5, 5.41) is 8.65. The fraction of sp³-hybridized carbons (Fsp3) is 0.533. The summed E-state index contributed by atoms with van der Waals surface area (Å²) < 4.78 is 33.8. The van der Waals surface area contributed by atoms with Crippen LogP contribution in [0.15, 0.2) is 18.2 Å². The Morgan fingerprint density at radius 2 is 2.25 bits per heavy atom. The summed E-state index contributed by atoms with van der Waals surface area (Å²) in [6, 6.07) is 4.44. The van der Waals surface area contributed by atoms with E-state index in [1.54, 1.807) is 6.07 Å². The molecule has 0 aliphatic carbocycles. The molecule has 20 heavy (non-hydrogen) atoms. The largest absolute Gasteiger partial charge is 0.493 e. The second-order valence-electron chi connectivity index (χ2n) is 5.39. The lowest BCUT2D eigenvalue weighted by Crippen LogP contribution is -2.20. The first-order valence-electron chi connectivity index (χ1n) is 6.74. The van der Waals surface area contributed by atoms with Crippen molar-refractivity contribution >= 4 is 5.97 Å². The number of halogens is 2. The minimum atomic E-state index is -3.01. The van der Waals surface area contributed by atoms with E-state index >= 15 is 0 Å². The van der Waals surface area contributed by atoms with E-state index in [9.17, 15) is 13.6 Å². The molecular formula is C15H18F2O3. The molecule has 1 aromatic carbocycles. The highest BCUT2D eigenvalue weighted by Crippen LogP contribution is 2.38. The van der Waals surface area contributed by atoms with Gasteiger partial charge in [0.15, 0.2) is 0 Å². The number of carboxylic acids is 1. The number of benzene rings is 1. The van der Waals surface area contributed by atoms with Crippen LogP contribution in [0.4, 0.5) is 8.78 Å². The zero-order chi connectivity index (χ0) is 14.8. The number of aryl methyl sites for hydroxylation is 1. The topological polar surface area (TPSA) is 46.5 Å². The third-order valence-corrected chi connectivity index (χ3v) is 3.46. The van der Waals surface area contributed by atoms with E-state index in [1.807, 2.05) is 0 Å². The van der Waals surface area contributed by atoms with Crippen LogP contribution in [-0.4, -0.2) is 17.7 Å². The van der Waals surface area contributed by atoms with Crippen molar-refractivity contribution in [1.29, 1.82) is 0 Å². The summed E-state index contributed by atoms with van der Waals surface area (Å²) in [7, 11) is 0. The number of carboxylic acid groups (broad SMARTS) is 1.